The Kier molecular flexibility index (Phi) is 2.44. The molecule has 1 aliphatic heterocycles. The highest BCUT2D eigenvalue weighted by atomic mass is 16.3. The fourth-order valence-corrected chi connectivity index (χ4v) is 1.77. The van der Waals surface area contributed by atoms with Gasteiger partial charge in [0, 0.05) is 25.3 Å². The second-order valence-electron chi connectivity index (χ2n) is 3.87. The molecule has 3 N–H and O–H groups in total. The molecule has 14 heavy (non-hydrogen) atoms. The van der Waals surface area contributed by atoms with Crippen molar-refractivity contribution >= 4 is 5.69 Å². The van der Waals surface area contributed by atoms with Crippen LogP contribution in [0.4, 0.5) is 5.69 Å². The average Bonchev–Trinajstić information content (AvgIpc) is 2.13. The summed E-state index contributed by atoms with van der Waals surface area (Å²) in [5, 5.41) is 9.19. The molecule has 3 heteroatoms. The van der Waals surface area contributed by atoms with Crippen molar-refractivity contribution in [1.82, 2.24) is 0 Å². The van der Waals surface area contributed by atoms with E-state index in [4.69, 9.17) is 5.73 Å². The van der Waals surface area contributed by atoms with Crippen molar-refractivity contribution in [2.75, 3.05) is 18.0 Å². The third kappa shape index (κ3) is 1.61. The zero-order valence-electron chi connectivity index (χ0n) is 8.40. The lowest BCUT2D eigenvalue weighted by atomic mass is 10.1. The van der Waals surface area contributed by atoms with Gasteiger partial charge >= 0.3 is 0 Å². The molecule has 1 aromatic carbocycles. The number of hydrogen-bond acceptors (Lipinski definition) is 3. The van der Waals surface area contributed by atoms with Gasteiger partial charge in [0.25, 0.3) is 0 Å². The zero-order valence-corrected chi connectivity index (χ0v) is 8.40. The van der Waals surface area contributed by atoms with Crippen LogP contribution < -0.4 is 10.6 Å². The number of aliphatic hydroxyl groups excluding tert-OH is 1. The monoisotopic (exact) mass is 192 g/mol. The van der Waals surface area contributed by atoms with Gasteiger partial charge in [-0.05, 0) is 30.2 Å². The van der Waals surface area contributed by atoms with E-state index in [1.54, 1.807) is 0 Å². The van der Waals surface area contributed by atoms with Gasteiger partial charge in [0.2, 0.25) is 0 Å². The lowest BCUT2D eigenvalue weighted by molar-refractivity contribution is 0.142. The van der Waals surface area contributed by atoms with Crippen LogP contribution >= 0.6 is 0 Å². The minimum absolute atomic E-state index is 0.149. The van der Waals surface area contributed by atoms with E-state index in [0.29, 0.717) is 6.54 Å². The number of β-amino-alcohol motifs (C(OH)–C–C–N with tert-alkyl or cyclic N) is 1. The molecule has 0 saturated carbocycles. The van der Waals surface area contributed by atoms with Gasteiger partial charge in [-0.1, -0.05) is 6.07 Å². The van der Waals surface area contributed by atoms with Crippen LogP contribution in [0.3, 0.4) is 0 Å². The molecule has 0 amide bonds. The predicted octanol–water partition coefficient (Wildman–Crippen LogP) is 0.635. The SMILES string of the molecule is Cc1cc(N2CC(O)C2)ccc1CN. The second-order valence-corrected chi connectivity index (χ2v) is 3.87. The number of anilines is 1. The maximum absolute atomic E-state index is 9.19. The van der Waals surface area contributed by atoms with Gasteiger partial charge in [-0.15, -0.1) is 0 Å². The average molecular weight is 192 g/mol. The van der Waals surface area contributed by atoms with Gasteiger partial charge in [0.05, 0.1) is 6.10 Å². The summed E-state index contributed by atoms with van der Waals surface area (Å²) in [6.07, 6.45) is -0.149. The molecule has 0 bridgehead atoms. The number of benzene rings is 1. The number of aliphatic hydroxyl groups is 1. The fraction of sp³-hybridized carbons (Fsp3) is 0.455. The molecule has 1 aliphatic rings. The number of aryl methyl sites for hydroxylation is 1. The summed E-state index contributed by atoms with van der Waals surface area (Å²) in [7, 11) is 0. The van der Waals surface area contributed by atoms with E-state index in [-0.39, 0.29) is 6.10 Å². The smallest absolute Gasteiger partial charge is 0.0889 e. The summed E-state index contributed by atoms with van der Waals surface area (Å²) >= 11 is 0. The highest BCUT2D eigenvalue weighted by Gasteiger charge is 2.24. The van der Waals surface area contributed by atoms with Crippen molar-refractivity contribution < 1.29 is 5.11 Å². The topological polar surface area (TPSA) is 49.5 Å². The lowest BCUT2D eigenvalue weighted by Gasteiger charge is -2.38. The molecule has 1 saturated heterocycles. The van der Waals surface area contributed by atoms with Gasteiger partial charge in [-0.25, -0.2) is 0 Å². The summed E-state index contributed by atoms with van der Waals surface area (Å²) in [6.45, 7) is 4.17. The zero-order chi connectivity index (χ0) is 10.1. The van der Waals surface area contributed by atoms with Crippen molar-refractivity contribution in [2.24, 2.45) is 5.73 Å². The molecule has 0 radical (unpaired) electrons. The minimum atomic E-state index is -0.149. The van der Waals surface area contributed by atoms with Crippen molar-refractivity contribution in [2.45, 2.75) is 19.6 Å². The fourth-order valence-electron chi connectivity index (χ4n) is 1.77. The number of hydrogen-bond donors (Lipinski definition) is 2. The van der Waals surface area contributed by atoms with Crippen LogP contribution in [-0.4, -0.2) is 24.3 Å². The first-order chi connectivity index (χ1) is 6.70. The maximum Gasteiger partial charge on any atom is 0.0889 e. The van der Waals surface area contributed by atoms with Crippen molar-refractivity contribution in [1.29, 1.82) is 0 Å². The van der Waals surface area contributed by atoms with Crippen molar-refractivity contribution in [3.8, 4) is 0 Å². The van der Waals surface area contributed by atoms with Gasteiger partial charge < -0.3 is 15.7 Å². The summed E-state index contributed by atoms with van der Waals surface area (Å²) in [6, 6.07) is 6.27. The first kappa shape index (κ1) is 9.49. The molecule has 0 spiro atoms. The quantitative estimate of drug-likeness (QED) is 0.722. The first-order valence-electron chi connectivity index (χ1n) is 4.93. The third-order valence-electron chi connectivity index (χ3n) is 2.77. The standard InChI is InChI=1S/C11H16N2O/c1-8-4-10(3-2-9(8)5-12)13-6-11(14)7-13/h2-4,11,14H,5-7,12H2,1H3. The summed E-state index contributed by atoms with van der Waals surface area (Å²) in [5.74, 6) is 0. The van der Waals surface area contributed by atoms with Gasteiger partial charge in [-0.2, -0.15) is 0 Å². The van der Waals surface area contributed by atoms with Gasteiger partial charge in [0.1, 0.15) is 0 Å². The molecule has 0 unspecified atom stereocenters. The summed E-state index contributed by atoms with van der Waals surface area (Å²) in [5.41, 5.74) is 9.19. The van der Waals surface area contributed by atoms with E-state index in [1.807, 2.05) is 0 Å². The van der Waals surface area contributed by atoms with Crippen molar-refractivity contribution in [3.05, 3.63) is 29.3 Å². The summed E-state index contributed by atoms with van der Waals surface area (Å²) < 4.78 is 0. The molecule has 1 aromatic rings. The van der Waals surface area contributed by atoms with E-state index in [2.05, 4.69) is 30.0 Å². The van der Waals surface area contributed by atoms with E-state index >= 15 is 0 Å². The number of rotatable bonds is 2. The third-order valence-corrected chi connectivity index (χ3v) is 2.77. The van der Waals surface area contributed by atoms with Crippen LogP contribution in [0.15, 0.2) is 18.2 Å². The van der Waals surface area contributed by atoms with Crippen molar-refractivity contribution in [3.63, 3.8) is 0 Å². The highest BCUT2D eigenvalue weighted by molar-refractivity contribution is 5.52. The second kappa shape index (κ2) is 3.59. The Morgan fingerprint density at radius 2 is 2.21 bits per heavy atom. The molecule has 1 heterocycles. The summed E-state index contributed by atoms with van der Waals surface area (Å²) in [4.78, 5) is 2.16. The Balaban J connectivity index is 2.16. The maximum atomic E-state index is 9.19. The van der Waals surface area contributed by atoms with Crippen LogP contribution in [0.5, 0.6) is 0 Å². The molecule has 0 atom stereocenters. The van der Waals surface area contributed by atoms with Gasteiger partial charge in [-0.3, -0.25) is 0 Å². The molecular weight excluding hydrogens is 176 g/mol. The normalized spacial score (nSPS) is 16.9. The Labute approximate surface area is 84.1 Å². The number of nitrogens with zero attached hydrogens (tertiary/aromatic N) is 1. The van der Waals surface area contributed by atoms with Crippen LogP contribution in [-0.2, 0) is 6.54 Å². The predicted molar refractivity (Wildman–Crippen MR) is 57.3 cm³/mol. The molecule has 2 rings (SSSR count). The largest absolute Gasteiger partial charge is 0.389 e. The highest BCUT2D eigenvalue weighted by Crippen LogP contribution is 2.23. The molecule has 76 valence electrons. The Morgan fingerprint density at radius 1 is 1.50 bits per heavy atom. The molecule has 3 nitrogen and oxygen atoms in total. The Hall–Kier alpha value is -1.06. The van der Waals surface area contributed by atoms with E-state index in [1.165, 1.54) is 16.8 Å². The van der Waals surface area contributed by atoms with Crippen LogP contribution in [0.2, 0.25) is 0 Å². The van der Waals surface area contributed by atoms with Crippen LogP contribution in [0, 0.1) is 6.92 Å². The van der Waals surface area contributed by atoms with Crippen LogP contribution in [0.25, 0.3) is 0 Å². The van der Waals surface area contributed by atoms with E-state index in [9.17, 15) is 5.11 Å². The Morgan fingerprint density at radius 3 is 2.71 bits per heavy atom. The molecule has 0 aromatic heterocycles. The minimum Gasteiger partial charge on any atom is -0.389 e. The number of nitrogens with two attached hydrogens (primary N) is 1. The lowest BCUT2D eigenvalue weighted by Crippen LogP contribution is -2.50. The Bertz CT molecular complexity index is 332. The van der Waals surface area contributed by atoms with E-state index in [0.717, 1.165) is 13.1 Å². The van der Waals surface area contributed by atoms with E-state index < -0.39 is 0 Å². The molecule has 1 fully saturated rings. The van der Waals surface area contributed by atoms with Gasteiger partial charge in [0.15, 0.2) is 0 Å². The molecular formula is C11H16N2O. The molecule has 0 aliphatic carbocycles. The first-order valence-corrected chi connectivity index (χ1v) is 4.93. The van der Waals surface area contributed by atoms with Crippen LogP contribution in [0.1, 0.15) is 11.1 Å².